The summed E-state index contributed by atoms with van der Waals surface area (Å²) in [5, 5.41) is 0. The van der Waals surface area contributed by atoms with Crippen molar-refractivity contribution in [2.75, 3.05) is 14.2 Å². The Hall–Kier alpha value is -1.22. The van der Waals surface area contributed by atoms with E-state index in [1.807, 2.05) is 18.2 Å². The molecule has 0 aliphatic heterocycles. The Bertz CT molecular complexity index is 312. The van der Waals surface area contributed by atoms with Gasteiger partial charge < -0.3 is 15.2 Å². The van der Waals surface area contributed by atoms with Gasteiger partial charge in [0.1, 0.15) is 11.5 Å². The fraction of sp³-hybridized carbons (Fsp3) is 0.500. The number of methoxy groups -OCH3 is 2. The third kappa shape index (κ3) is 3.13. The van der Waals surface area contributed by atoms with Gasteiger partial charge in [-0.05, 0) is 36.6 Å². The molecule has 0 saturated heterocycles. The fourth-order valence-corrected chi connectivity index (χ4v) is 1.47. The summed E-state index contributed by atoms with van der Waals surface area (Å²) in [6.45, 7) is 2.08. The molecule has 3 nitrogen and oxygen atoms in total. The zero-order valence-electron chi connectivity index (χ0n) is 9.62. The van der Waals surface area contributed by atoms with Gasteiger partial charge >= 0.3 is 0 Å². The van der Waals surface area contributed by atoms with Crippen LogP contribution in [0.5, 0.6) is 11.5 Å². The predicted molar refractivity (Wildman–Crippen MR) is 61.5 cm³/mol. The maximum Gasteiger partial charge on any atom is 0.122 e. The van der Waals surface area contributed by atoms with E-state index in [1.165, 1.54) is 0 Å². The van der Waals surface area contributed by atoms with Crippen LogP contribution in [-0.2, 0) is 6.42 Å². The Morgan fingerprint density at radius 2 is 2.00 bits per heavy atom. The summed E-state index contributed by atoms with van der Waals surface area (Å²) in [5.41, 5.74) is 7.03. The second kappa shape index (κ2) is 5.61. The van der Waals surface area contributed by atoms with Crippen LogP contribution in [-0.4, -0.2) is 20.3 Å². The smallest absolute Gasteiger partial charge is 0.122 e. The number of ether oxygens (including phenoxy) is 2. The number of benzene rings is 1. The molecule has 1 aromatic carbocycles. The molecule has 3 heteroatoms. The zero-order chi connectivity index (χ0) is 11.3. The highest BCUT2D eigenvalue weighted by Gasteiger charge is 2.08. The molecule has 0 saturated carbocycles. The molecule has 15 heavy (non-hydrogen) atoms. The summed E-state index contributed by atoms with van der Waals surface area (Å²) in [5.74, 6) is 1.72. The molecule has 0 aliphatic carbocycles. The topological polar surface area (TPSA) is 44.5 Å². The Morgan fingerprint density at radius 1 is 1.27 bits per heavy atom. The van der Waals surface area contributed by atoms with Crippen molar-refractivity contribution >= 4 is 0 Å². The lowest BCUT2D eigenvalue weighted by molar-refractivity contribution is 0.397. The number of hydrogen-bond acceptors (Lipinski definition) is 3. The highest BCUT2D eigenvalue weighted by Crippen LogP contribution is 2.25. The summed E-state index contributed by atoms with van der Waals surface area (Å²) < 4.78 is 10.5. The molecule has 0 spiro atoms. The van der Waals surface area contributed by atoms with Crippen LogP contribution in [0, 0.1) is 0 Å². The van der Waals surface area contributed by atoms with Crippen LogP contribution in [0.25, 0.3) is 0 Å². The van der Waals surface area contributed by atoms with Crippen molar-refractivity contribution in [1.82, 2.24) is 0 Å². The molecule has 84 valence electrons. The second-order valence-corrected chi connectivity index (χ2v) is 3.55. The van der Waals surface area contributed by atoms with Crippen molar-refractivity contribution in [2.45, 2.75) is 25.8 Å². The molecule has 2 N–H and O–H groups in total. The molecule has 0 aromatic heterocycles. The van der Waals surface area contributed by atoms with Crippen molar-refractivity contribution in [2.24, 2.45) is 5.73 Å². The molecule has 0 aliphatic rings. The highest BCUT2D eigenvalue weighted by molar-refractivity contribution is 5.40. The zero-order valence-corrected chi connectivity index (χ0v) is 9.62. The first kappa shape index (κ1) is 11.9. The number of nitrogens with two attached hydrogens (primary N) is 1. The molecule has 0 amide bonds. The van der Waals surface area contributed by atoms with Crippen LogP contribution in [0.3, 0.4) is 0 Å². The Labute approximate surface area is 91.2 Å². The van der Waals surface area contributed by atoms with Gasteiger partial charge in [0.25, 0.3) is 0 Å². The quantitative estimate of drug-likeness (QED) is 0.806. The van der Waals surface area contributed by atoms with E-state index >= 15 is 0 Å². The van der Waals surface area contributed by atoms with Gasteiger partial charge in [0.05, 0.1) is 14.2 Å². The van der Waals surface area contributed by atoms with Gasteiger partial charge in [0.15, 0.2) is 0 Å². The molecular weight excluding hydrogens is 190 g/mol. The van der Waals surface area contributed by atoms with E-state index in [0.717, 1.165) is 29.9 Å². The summed E-state index contributed by atoms with van der Waals surface area (Å²) in [6, 6.07) is 5.95. The van der Waals surface area contributed by atoms with E-state index in [9.17, 15) is 0 Å². The van der Waals surface area contributed by atoms with Gasteiger partial charge in [-0.15, -0.1) is 0 Å². The van der Waals surface area contributed by atoms with Crippen molar-refractivity contribution in [3.05, 3.63) is 23.8 Å². The maximum atomic E-state index is 5.92. The number of hydrogen-bond donors (Lipinski definition) is 1. The summed E-state index contributed by atoms with van der Waals surface area (Å²) in [7, 11) is 3.33. The first-order valence-corrected chi connectivity index (χ1v) is 5.17. The fourth-order valence-electron chi connectivity index (χ4n) is 1.47. The van der Waals surface area contributed by atoms with Gasteiger partial charge in [-0.25, -0.2) is 0 Å². The summed E-state index contributed by atoms with van der Waals surface area (Å²) >= 11 is 0. The van der Waals surface area contributed by atoms with E-state index < -0.39 is 0 Å². The van der Waals surface area contributed by atoms with Gasteiger partial charge in [0, 0.05) is 6.04 Å². The molecule has 0 bridgehead atoms. The van der Waals surface area contributed by atoms with Crippen molar-refractivity contribution in [1.29, 1.82) is 0 Å². The van der Waals surface area contributed by atoms with E-state index in [4.69, 9.17) is 15.2 Å². The Morgan fingerprint density at radius 3 is 2.53 bits per heavy atom. The lowest BCUT2D eigenvalue weighted by atomic mass is 10.0. The summed E-state index contributed by atoms with van der Waals surface area (Å²) in [4.78, 5) is 0. The average Bonchev–Trinajstić information content (AvgIpc) is 2.28. The Balaban J connectivity index is 2.90. The Kier molecular flexibility index (Phi) is 4.43. The minimum absolute atomic E-state index is 0.172. The lowest BCUT2D eigenvalue weighted by Gasteiger charge is -2.13. The maximum absolute atomic E-state index is 5.92. The van der Waals surface area contributed by atoms with Crippen LogP contribution in [0.1, 0.15) is 18.9 Å². The van der Waals surface area contributed by atoms with Crippen molar-refractivity contribution < 1.29 is 9.47 Å². The lowest BCUT2D eigenvalue weighted by Crippen LogP contribution is -2.21. The van der Waals surface area contributed by atoms with Crippen LogP contribution < -0.4 is 15.2 Å². The van der Waals surface area contributed by atoms with Gasteiger partial charge in [-0.2, -0.15) is 0 Å². The molecule has 1 aromatic rings. The van der Waals surface area contributed by atoms with Crippen LogP contribution >= 0.6 is 0 Å². The van der Waals surface area contributed by atoms with Gasteiger partial charge in [-0.3, -0.25) is 0 Å². The minimum Gasteiger partial charge on any atom is -0.497 e. The number of rotatable bonds is 5. The predicted octanol–water partition coefficient (Wildman–Crippen LogP) is 1.98. The third-order valence-corrected chi connectivity index (χ3v) is 2.49. The average molecular weight is 209 g/mol. The molecule has 0 heterocycles. The van der Waals surface area contributed by atoms with E-state index in [1.54, 1.807) is 14.2 Å². The standard InChI is InChI=1S/C12H19NO2/c1-4-10(13)7-9-8-11(14-2)5-6-12(9)15-3/h5-6,8,10H,4,7,13H2,1-3H3/t10-/m1/s1. The second-order valence-electron chi connectivity index (χ2n) is 3.55. The van der Waals surface area contributed by atoms with Crippen LogP contribution in [0.15, 0.2) is 18.2 Å². The normalized spacial score (nSPS) is 12.3. The molecule has 0 unspecified atom stereocenters. The molecule has 0 radical (unpaired) electrons. The minimum atomic E-state index is 0.172. The largest absolute Gasteiger partial charge is 0.497 e. The SMILES string of the molecule is CC[C@@H](N)Cc1cc(OC)ccc1OC. The third-order valence-electron chi connectivity index (χ3n) is 2.49. The van der Waals surface area contributed by atoms with Crippen molar-refractivity contribution in [3.63, 3.8) is 0 Å². The first-order valence-electron chi connectivity index (χ1n) is 5.17. The van der Waals surface area contributed by atoms with Crippen LogP contribution in [0.4, 0.5) is 0 Å². The molecule has 1 atom stereocenters. The van der Waals surface area contributed by atoms with Crippen LogP contribution in [0.2, 0.25) is 0 Å². The molecular formula is C12H19NO2. The van der Waals surface area contributed by atoms with E-state index in [-0.39, 0.29) is 6.04 Å². The van der Waals surface area contributed by atoms with Gasteiger partial charge in [-0.1, -0.05) is 6.92 Å². The van der Waals surface area contributed by atoms with Crippen molar-refractivity contribution in [3.8, 4) is 11.5 Å². The van der Waals surface area contributed by atoms with Gasteiger partial charge in [0.2, 0.25) is 0 Å². The van der Waals surface area contributed by atoms with E-state index in [0.29, 0.717) is 0 Å². The molecule has 0 fully saturated rings. The monoisotopic (exact) mass is 209 g/mol. The van der Waals surface area contributed by atoms with E-state index in [2.05, 4.69) is 6.92 Å². The molecule has 1 rings (SSSR count). The summed E-state index contributed by atoms with van der Waals surface area (Å²) in [6.07, 6.45) is 1.78. The first-order chi connectivity index (χ1) is 7.21. The highest BCUT2D eigenvalue weighted by atomic mass is 16.5.